The minimum atomic E-state index is -0.0841. The number of carbonyl (C=O) groups excluding carboxylic acids is 1. The Kier molecular flexibility index (Phi) is 3.77. The first kappa shape index (κ1) is 13.5. The van der Waals surface area contributed by atoms with Gasteiger partial charge in [0.15, 0.2) is 0 Å². The molecule has 1 aromatic carbocycles. The number of para-hydroxylation sites is 1. The third-order valence-corrected chi connectivity index (χ3v) is 3.67. The summed E-state index contributed by atoms with van der Waals surface area (Å²) in [5.74, 6) is 0.721. The highest BCUT2D eigenvalue weighted by atomic mass is 16.3. The van der Waals surface area contributed by atoms with E-state index in [9.17, 15) is 4.79 Å². The van der Waals surface area contributed by atoms with Crippen molar-refractivity contribution >= 4 is 16.8 Å². The largest absolute Gasteiger partial charge is 0.467 e. The van der Waals surface area contributed by atoms with Crippen molar-refractivity contribution in [3.05, 3.63) is 60.2 Å². The van der Waals surface area contributed by atoms with Gasteiger partial charge < -0.3 is 14.7 Å². The summed E-state index contributed by atoms with van der Waals surface area (Å²) in [5, 5.41) is 4.09. The quantitative estimate of drug-likeness (QED) is 0.754. The van der Waals surface area contributed by atoms with Gasteiger partial charge in [0.1, 0.15) is 5.76 Å². The molecule has 1 amide bonds. The van der Waals surface area contributed by atoms with Gasteiger partial charge in [-0.15, -0.1) is 0 Å². The second kappa shape index (κ2) is 5.87. The van der Waals surface area contributed by atoms with Gasteiger partial charge in [0.25, 0.3) is 0 Å². The summed E-state index contributed by atoms with van der Waals surface area (Å²) in [6.07, 6.45) is 4.31. The second-order valence-corrected chi connectivity index (χ2v) is 5.26. The Morgan fingerprint density at radius 2 is 2.14 bits per heavy atom. The van der Waals surface area contributed by atoms with E-state index >= 15 is 0 Å². The first-order chi connectivity index (χ1) is 10.2. The van der Waals surface area contributed by atoms with Gasteiger partial charge in [0, 0.05) is 23.0 Å². The maximum Gasteiger partial charge on any atom is 0.223 e. The molecule has 0 saturated heterocycles. The fourth-order valence-corrected chi connectivity index (χ4v) is 2.48. The molecule has 0 unspecified atom stereocenters. The van der Waals surface area contributed by atoms with Gasteiger partial charge in [-0.05, 0) is 30.2 Å². The van der Waals surface area contributed by atoms with Crippen LogP contribution in [0.15, 0.2) is 53.3 Å². The number of H-pyrrole nitrogens is 1. The predicted octanol–water partition coefficient (Wildman–Crippen LogP) is 3.26. The molecule has 0 aliphatic rings. The molecule has 2 N–H and O–H groups in total. The van der Waals surface area contributed by atoms with Crippen molar-refractivity contribution < 1.29 is 9.21 Å². The van der Waals surface area contributed by atoms with Crippen LogP contribution in [0.4, 0.5) is 0 Å². The number of benzene rings is 1. The smallest absolute Gasteiger partial charge is 0.223 e. The van der Waals surface area contributed by atoms with Crippen molar-refractivity contribution in [2.24, 2.45) is 5.92 Å². The molecule has 0 saturated carbocycles. The number of aromatic nitrogens is 1. The fraction of sp³-hybridized carbons (Fsp3) is 0.235. The number of furan rings is 1. The Labute approximate surface area is 123 Å². The van der Waals surface area contributed by atoms with E-state index in [1.54, 1.807) is 6.26 Å². The Hall–Kier alpha value is -2.49. The molecule has 3 rings (SSSR count). The predicted molar refractivity (Wildman–Crippen MR) is 81.7 cm³/mol. The third-order valence-electron chi connectivity index (χ3n) is 3.67. The van der Waals surface area contributed by atoms with Crippen LogP contribution >= 0.6 is 0 Å². The molecule has 0 radical (unpaired) electrons. The summed E-state index contributed by atoms with van der Waals surface area (Å²) in [4.78, 5) is 15.4. The first-order valence-electron chi connectivity index (χ1n) is 7.09. The Morgan fingerprint density at radius 1 is 1.29 bits per heavy atom. The van der Waals surface area contributed by atoms with Gasteiger partial charge in [0.05, 0.1) is 12.8 Å². The number of rotatable bonds is 5. The highest BCUT2D eigenvalue weighted by molar-refractivity contribution is 5.84. The van der Waals surface area contributed by atoms with E-state index in [4.69, 9.17) is 4.42 Å². The molecule has 0 aliphatic heterocycles. The highest BCUT2D eigenvalue weighted by Gasteiger charge is 2.15. The van der Waals surface area contributed by atoms with Crippen LogP contribution in [-0.2, 0) is 17.8 Å². The molecule has 4 heteroatoms. The normalized spacial score (nSPS) is 12.4. The molecule has 0 spiro atoms. The van der Waals surface area contributed by atoms with E-state index in [0.717, 1.165) is 11.3 Å². The summed E-state index contributed by atoms with van der Waals surface area (Å²) < 4.78 is 5.21. The van der Waals surface area contributed by atoms with E-state index in [1.165, 1.54) is 10.9 Å². The zero-order chi connectivity index (χ0) is 14.7. The minimum absolute atomic E-state index is 0.0386. The summed E-state index contributed by atoms with van der Waals surface area (Å²) in [6, 6.07) is 11.8. The minimum Gasteiger partial charge on any atom is -0.467 e. The summed E-state index contributed by atoms with van der Waals surface area (Å²) in [5.41, 5.74) is 2.28. The average Bonchev–Trinajstić information content (AvgIpc) is 3.15. The van der Waals surface area contributed by atoms with Crippen molar-refractivity contribution in [3.63, 3.8) is 0 Å². The van der Waals surface area contributed by atoms with Crippen LogP contribution in [0.1, 0.15) is 18.2 Å². The lowest BCUT2D eigenvalue weighted by molar-refractivity contribution is -0.124. The first-order valence-corrected chi connectivity index (χ1v) is 7.09. The zero-order valence-electron chi connectivity index (χ0n) is 11.9. The molecule has 0 fully saturated rings. The molecular formula is C17H18N2O2. The van der Waals surface area contributed by atoms with Gasteiger partial charge in [-0.3, -0.25) is 4.79 Å². The number of hydrogen-bond donors (Lipinski definition) is 2. The molecule has 0 bridgehead atoms. The van der Waals surface area contributed by atoms with Crippen molar-refractivity contribution in [2.75, 3.05) is 0 Å². The highest BCUT2D eigenvalue weighted by Crippen LogP contribution is 2.20. The van der Waals surface area contributed by atoms with Gasteiger partial charge in [-0.2, -0.15) is 0 Å². The van der Waals surface area contributed by atoms with Crippen LogP contribution in [0.3, 0.4) is 0 Å². The van der Waals surface area contributed by atoms with Crippen molar-refractivity contribution in [2.45, 2.75) is 19.9 Å². The van der Waals surface area contributed by atoms with Crippen LogP contribution in [0.5, 0.6) is 0 Å². The average molecular weight is 282 g/mol. The van der Waals surface area contributed by atoms with Crippen LogP contribution in [0, 0.1) is 5.92 Å². The number of fused-ring (bicyclic) bond motifs is 1. The Balaban J connectivity index is 1.62. The number of aromatic amines is 1. The number of amides is 1. The van der Waals surface area contributed by atoms with Gasteiger partial charge in [-0.25, -0.2) is 0 Å². The lowest BCUT2D eigenvalue weighted by atomic mass is 10.00. The van der Waals surface area contributed by atoms with Crippen LogP contribution in [-0.4, -0.2) is 10.9 Å². The van der Waals surface area contributed by atoms with E-state index < -0.39 is 0 Å². The van der Waals surface area contributed by atoms with Gasteiger partial charge >= 0.3 is 0 Å². The van der Waals surface area contributed by atoms with E-state index in [0.29, 0.717) is 13.0 Å². The van der Waals surface area contributed by atoms with Crippen molar-refractivity contribution in [3.8, 4) is 0 Å². The third kappa shape index (κ3) is 2.99. The summed E-state index contributed by atoms with van der Waals surface area (Å²) in [6.45, 7) is 2.38. The maximum atomic E-state index is 12.1. The molecule has 2 aromatic heterocycles. The summed E-state index contributed by atoms with van der Waals surface area (Å²) >= 11 is 0. The second-order valence-electron chi connectivity index (χ2n) is 5.26. The van der Waals surface area contributed by atoms with E-state index in [-0.39, 0.29) is 11.8 Å². The molecule has 21 heavy (non-hydrogen) atoms. The Morgan fingerprint density at radius 3 is 2.95 bits per heavy atom. The van der Waals surface area contributed by atoms with Gasteiger partial charge in [0.2, 0.25) is 5.91 Å². The van der Waals surface area contributed by atoms with Crippen molar-refractivity contribution in [1.29, 1.82) is 0 Å². The molecule has 1 atom stereocenters. The van der Waals surface area contributed by atoms with Crippen molar-refractivity contribution in [1.82, 2.24) is 10.3 Å². The fourth-order valence-electron chi connectivity index (χ4n) is 2.48. The lowest BCUT2D eigenvalue weighted by Gasteiger charge is -2.11. The lowest BCUT2D eigenvalue weighted by Crippen LogP contribution is -2.29. The molecule has 2 heterocycles. The monoisotopic (exact) mass is 282 g/mol. The van der Waals surface area contributed by atoms with Gasteiger partial charge in [-0.1, -0.05) is 25.1 Å². The topological polar surface area (TPSA) is 58.0 Å². The molecule has 4 nitrogen and oxygen atoms in total. The van der Waals surface area contributed by atoms with Crippen LogP contribution in [0.2, 0.25) is 0 Å². The van der Waals surface area contributed by atoms with E-state index in [2.05, 4.69) is 16.4 Å². The molecule has 108 valence electrons. The zero-order valence-corrected chi connectivity index (χ0v) is 11.9. The van der Waals surface area contributed by atoms with Crippen LogP contribution < -0.4 is 5.32 Å². The summed E-state index contributed by atoms with van der Waals surface area (Å²) in [7, 11) is 0. The Bertz CT molecular complexity index is 728. The molecular weight excluding hydrogens is 264 g/mol. The number of carbonyl (C=O) groups is 1. The molecule has 0 aliphatic carbocycles. The van der Waals surface area contributed by atoms with E-state index in [1.807, 2.05) is 43.5 Å². The number of hydrogen-bond acceptors (Lipinski definition) is 2. The van der Waals surface area contributed by atoms with Crippen LogP contribution in [0.25, 0.3) is 10.9 Å². The SMILES string of the molecule is C[C@@H](Cc1c[nH]c2ccccc12)C(=O)NCc1ccco1. The molecule has 3 aromatic rings. The number of nitrogens with one attached hydrogen (secondary N) is 2. The maximum absolute atomic E-state index is 12.1. The standard InChI is InChI=1S/C17H18N2O2/c1-12(17(20)19-11-14-5-4-8-21-14)9-13-10-18-16-7-3-2-6-15(13)16/h2-8,10,12,18H,9,11H2,1H3,(H,19,20)/t12-/m0/s1.